The van der Waals surface area contributed by atoms with Gasteiger partial charge in [0.1, 0.15) is 5.82 Å². The SMILES string of the molecule is Cc1cc(N)cc(S(=O)(=O)NCc2ccc(F)cc2)c1. The number of halogens is 1. The van der Waals surface area contributed by atoms with Crippen molar-refractivity contribution in [2.45, 2.75) is 18.4 Å². The van der Waals surface area contributed by atoms with E-state index in [9.17, 15) is 12.8 Å². The molecule has 0 saturated carbocycles. The summed E-state index contributed by atoms with van der Waals surface area (Å²) in [7, 11) is -3.64. The second-order valence-electron chi connectivity index (χ2n) is 4.53. The summed E-state index contributed by atoms with van der Waals surface area (Å²) < 4.78 is 39.5. The smallest absolute Gasteiger partial charge is 0.240 e. The van der Waals surface area contributed by atoms with Crippen molar-refractivity contribution in [3.63, 3.8) is 0 Å². The quantitative estimate of drug-likeness (QED) is 0.849. The predicted molar refractivity (Wildman–Crippen MR) is 76.0 cm³/mol. The van der Waals surface area contributed by atoms with Crippen molar-refractivity contribution in [3.8, 4) is 0 Å². The Balaban J connectivity index is 2.16. The van der Waals surface area contributed by atoms with Gasteiger partial charge in [-0.05, 0) is 48.4 Å². The summed E-state index contributed by atoms with van der Waals surface area (Å²) in [5.41, 5.74) is 7.49. The molecule has 0 aliphatic carbocycles. The van der Waals surface area contributed by atoms with Crippen LogP contribution in [0.25, 0.3) is 0 Å². The van der Waals surface area contributed by atoms with Crippen molar-refractivity contribution in [1.82, 2.24) is 4.72 Å². The molecule has 0 radical (unpaired) electrons. The molecule has 0 saturated heterocycles. The first-order valence-electron chi connectivity index (χ1n) is 5.98. The Morgan fingerprint density at radius 2 is 1.80 bits per heavy atom. The average Bonchev–Trinajstić information content (AvgIpc) is 2.37. The highest BCUT2D eigenvalue weighted by atomic mass is 32.2. The fraction of sp³-hybridized carbons (Fsp3) is 0.143. The van der Waals surface area contributed by atoms with Crippen molar-refractivity contribution in [1.29, 1.82) is 0 Å². The van der Waals surface area contributed by atoms with Gasteiger partial charge in [0.25, 0.3) is 0 Å². The first kappa shape index (κ1) is 14.5. The third kappa shape index (κ3) is 3.55. The lowest BCUT2D eigenvalue weighted by Gasteiger charge is -2.08. The Bertz CT molecular complexity index is 692. The molecule has 106 valence electrons. The summed E-state index contributed by atoms with van der Waals surface area (Å²) in [4.78, 5) is 0.122. The molecule has 0 aliphatic heterocycles. The summed E-state index contributed by atoms with van der Waals surface area (Å²) in [6, 6.07) is 10.3. The molecule has 0 atom stereocenters. The van der Waals surface area contributed by atoms with Crippen LogP contribution in [0.5, 0.6) is 0 Å². The topological polar surface area (TPSA) is 72.2 Å². The molecule has 0 aromatic heterocycles. The Morgan fingerprint density at radius 1 is 1.15 bits per heavy atom. The Kier molecular flexibility index (Phi) is 4.06. The van der Waals surface area contributed by atoms with Crippen LogP contribution in [0.1, 0.15) is 11.1 Å². The number of hydrogen-bond donors (Lipinski definition) is 2. The largest absolute Gasteiger partial charge is 0.399 e. The molecular formula is C14H15FN2O2S. The molecule has 2 aromatic carbocycles. The molecule has 20 heavy (non-hydrogen) atoms. The van der Waals surface area contributed by atoms with E-state index < -0.39 is 10.0 Å². The number of hydrogen-bond acceptors (Lipinski definition) is 3. The molecule has 2 rings (SSSR count). The Morgan fingerprint density at radius 3 is 2.40 bits per heavy atom. The number of benzene rings is 2. The van der Waals surface area contributed by atoms with Crippen LogP contribution in [-0.2, 0) is 16.6 Å². The van der Waals surface area contributed by atoms with Crippen molar-refractivity contribution < 1.29 is 12.8 Å². The van der Waals surface area contributed by atoms with Crippen LogP contribution in [0.4, 0.5) is 10.1 Å². The highest BCUT2D eigenvalue weighted by molar-refractivity contribution is 7.89. The van der Waals surface area contributed by atoms with Crippen LogP contribution < -0.4 is 10.5 Å². The van der Waals surface area contributed by atoms with E-state index >= 15 is 0 Å². The Hall–Kier alpha value is -1.92. The third-order valence-corrected chi connectivity index (χ3v) is 4.14. The molecule has 0 spiro atoms. The van der Waals surface area contributed by atoms with E-state index in [0.29, 0.717) is 11.3 Å². The molecule has 0 unspecified atom stereocenters. The van der Waals surface area contributed by atoms with E-state index in [-0.39, 0.29) is 17.3 Å². The van der Waals surface area contributed by atoms with E-state index in [2.05, 4.69) is 4.72 Å². The number of rotatable bonds is 4. The molecule has 2 aromatic rings. The van der Waals surface area contributed by atoms with Gasteiger partial charge in [0.2, 0.25) is 10.0 Å². The van der Waals surface area contributed by atoms with Crippen LogP contribution in [0.2, 0.25) is 0 Å². The van der Waals surface area contributed by atoms with Crippen molar-refractivity contribution >= 4 is 15.7 Å². The van der Waals surface area contributed by atoms with Gasteiger partial charge < -0.3 is 5.73 Å². The minimum absolute atomic E-state index is 0.0937. The summed E-state index contributed by atoms with van der Waals surface area (Å²) >= 11 is 0. The lowest BCUT2D eigenvalue weighted by atomic mass is 10.2. The monoisotopic (exact) mass is 294 g/mol. The lowest BCUT2D eigenvalue weighted by Crippen LogP contribution is -2.23. The van der Waals surface area contributed by atoms with E-state index in [1.165, 1.54) is 30.3 Å². The van der Waals surface area contributed by atoms with E-state index in [4.69, 9.17) is 5.73 Å². The minimum atomic E-state index is -3.64. The number of nitrogen functional groups attached to an aromatic ring is 1. The van der Waals surface area contributed by atoms with Gasteiger partial charge in [0.05, 0.1) is 4.90 Å². The van der Waals surface area contributed by atoms with Gasteiger partial charge in [-0.3, -0.25) is 0 Å². The average molecular weight is 294 g/mol. The number of nitrogens with two attached hydrogens (primary N) is 1. The standard InChI is InChI=1S/C14H15FN2O2S/c1-10-6-13(16)8-14(7-10)20(18,19)17-9-11-2-4-12(15)5-3-11/h2-8,17H,9,16H2,1H3. The molecule has 0 fully saturated rings. The van der Waals surface area contributed by atoms with E-state index in [0.717, 1.165) is 5.56 Å². The van der Waals surface area contributed by atoms with Gasteiger partial charge in [0, 0.05) is 12.2 Å². The van der Waals surface area contributed by atoms with Gasteiger partial charge in [-0.2, -0.15) is 0 Å². The maximum absolute atomic E-state index is 12.8. The van der Waals surface area contributed by atoms with Crippen LogP contribution in [0, 0.1) is 12.7 Å². The Labute approximate surface area is 117 Å². The molecule has 0 amide bonds. The first-order chi connectivity index (χ1) is 9.37. The van der Waals surface area contributed by atoms with Crippen LogP contribution in [0.15, 0.2) is 47.4 Å². The van der Waals surface area contributed by atoms with Crippen LogP contribution in [-0.4, -0.2) is 8.42 Å². The van der Waals surface area contributed by atoms with Gasteiger partial charge in [-0.1, -0.05) is 12.1 Å². The zero-order valence-electron chi connectivity index (χ0n) is 10.9. The second kappa shape index (κ2) is 5.60. The fourth-order valence-electron chi connectivity index (χ4n) is 1.80. The van der Waals surface area contributed by atoms with E-state index in [1.54, 1.807) is 19.1 Å². The van der Waals surface area contributed by atoms with Crippen LogP contribution in [0.3, 0.4) is 0 Å². The third-order valence-electron chi connectivity index (χ3n) is 2.76. The molecule has 4 nitrogen and oxygen atoms in total. The lowest BCUT2D eigenvalue weighted by molar-refractivity contribution is 0.581. The molecule has 0 bridgehead atoms. The maximum Gasteiger partial charge on any atom is 0.240 e. The number of anilines is 1. The molecule has 3 N–H and O–H groups in total. The molecule has 6 heteroatoms. The highest BCUT2D eigenvalue weighted by Crippen LogP contribution is 2.16. The van der Waals surface area contributed by atoms with Crippen molar-refractivity contribution in [3.05, 3.63) is 59.4 Å². The molecule has 0 aliphatic rings. The van der Waals surface area contributed by atoms with Gasteiger partial charge in [-0.25, -0.2) is 17.5 Å². The van der Waals surface area contributed by atoms with Crippen molar-refractivity contribution in [2.24, 2.45) is 0 Å². The first-order valence-corrected chi connectivity index (χ1v) is 7.46. The number of nitrogens with one attached hydrogen (secondary N) is 1. The summed E-state index contributed by atoms with van der Waals surface area (Å²) in [6.45, 7) is 1.87. The summed E-state index contributed by atoms with van der Waals surface area (Å²) in [5, 5.41) is 0. The second-order valence-corrected chi connectivity index (χ2v) is 6.30. The minimum Gasteiger partial charge on any atom is -0.399 e. The normalized spacial score (nSPS) is 11.5. The highest BCUT2D eigenvalue weighted by Gasteiger charge is 2.14. The van der Waals surface area contributed by atoms with Crippen LogP contribution >= 0.6 is 0 Å². The number of sulfonamides is 1. The van der Waals surface area contributed by atoms with Crippen molar-refractivity contribution in [2.75, 3.05) is 5.73 Å². The summed E-state index contributed by atoms with van der Waals surface area (Å²) in [6.07, 6.45) is 0. The molecule has 0 heterocycles. The van der Waals surface area contributed by atoms with E-state index in [1.807, 2.05) is 0 Å². The zero-order chi connectivity index (χ0) is 14.8. The maximum atomic E-state index is 12.8. The van der Waals surface area contributed by atoms with Gasteiger partial charge in [-0.15, -0.1) is 0 Å². The predicted octanol–water partition coefficient (Wildman–Crippen LogP) is 2.19. The van der Waals surface area contributed by atoms with Gasteiger partial charge >= 0.3 is 0 Å². The zero-order valence-corrected chi connectivity index (χ0v) is 11.7. The summed E-state index contributed by atoms with van der Waals surface area (Å²) in [5.74, 6) is -0.358. The molecular weight excluding hydrogens is 279 g/mol. The number of aryl methyl sites for hydroxylation is 1. The van der Waals surface area contributed by atoms with Gasteiger partial charge in [0.15, 0.2) is 0 Å². The fourth-order valence-corrected chi connectivity index (χ4v) is 2.95.